The summed E-state index contributed by atoms with van der Waals surface area (Å²) < 4.78 is 11.4. The van der Waals surface area contributed by atoms with Crippen molar-refractivity contribution in [3.63, 3.8) is 0 Å². The van der Waals surface area contributed by atoms with Gasteiger partial charge in [0.2, 0.25) is 0 Å². The van der Waals surface area contributed by atoms with Gasteiger partial charge in [-0.25, -0.2) is 0 Å². The maximum absolute atomic E-state index is 13.7. The van der Waals surface area contributed by atoms with E-state index in [9.17, 15) is 9.59 Å². The first kappa shape index (κ1) is 27.9. The molecule has 40 heavy (non-hydrogen) atoms. The maximum Gasteiger partial charge on any atom is 0.263 e. The Morgan fingerprint density at radius 2 is 1.70 bits per heavy atom. The number of piperazine rings is 1. The molecule has 210 valence electrons. The second-order valence-corrected chi connectivity index (χ2v) is 10.7. The van der Waals surface area contributed by atoms with Gasteiger partial charge >= 0.3 is 0 Å². The summed E-state index contributed by atoms with van der Waals surface area (Å²) in [5.74, 6) is 0.655. The van der Waals surface area contributed by atoms with Gasteiger partial charge in [0.1, 0.15) is 5.75 Å². The predicted molar refractivity (Wildman–Crippen MR) is 156 cm³/mol. The fourth-order valence-electron chi connectivity index (χ4n) is 5.76. The Morgan fingerprint density at radius 3 is 2.42 bits per heavy atom. The van der Waals surface area contributed by atoms with Gasteiger partial charge in [-0.15, -0.1) is 0 Å². The van der Waals surface area contributed by atoms with E-state index in [-0.39, 0.29) is 17.9 Å². The van der Waals surface area contributed by atoms with Crippen LogP contribution in [0.25, 0.3) is 0 Å². The summed E-state index contributed by atoms with van der Waals surface area (Å²) in [7, 11) is 1.71. The van der Waals surface area contributed by atoms with Crippen LogP contribution in [-0.2, 0) is 16.0 Å². The van der Waals surface area contributed by atoms with Crippen LogP contribution in [0, 0.1) is 6.92 Å². The van der Waals surface area contributed by atoms with Gasteiger partial charge in [0.05, 0.1) is 12.6 Å². The van der Waals surface area contributed by atoms with Crippen molar-refractivity contribution in [1.82, 2.24) is 14.7 Å². The van der Waals surface area contributed by atoms with Crippen LogP contribution in [0.4, 0.5) is 0 Å². The van der Waals surface area contributed by atoms with Crippen LogP contribution < -0.4 is 4.74 Å². The lowest BCUT2D eigenvalue weighted by molar-refractivity contribution is -0.139. The average molecular weight is 542 g/mol. The number of carbonyl (C=O) groups excluding carboxylic acids is 2. The van der Waals surface area contributed by atoms with Crippen molar-refractivity contribution < 1.29 is 19.1 Å². The molecule has 0 bridgehead atoms. The van der Waals surface area contributed by atoms with Gasteiger partial charge in [0, 0.05) is 51.9 Å². The van der Waals surface area contributed by atoms with Crippen LogP contribution in [0.5, 0.6) is 5.75 Å². The molecule has 2 heterocycles. The van der Waals surface area contributed by atoms with E-state index in [0.717, 1.165) is 42.7 Å². The molecule has 0 aromatic heterocycles. The number of carbonyl (C=O) groups is 2. The molecule has 2 atom stereocenters. The lowest BCUT2D eigenvalue weighted by atomic mass is 9.87. The number of methoxy groups -OCH3 is 1. The minimum atomic E-state index is -0.605. The molecule has 2 amide bonds. The first-order chi connectivity index (χ1) is 19.4. The molecular weight excluding hydrogens is 502 g/mol. The number of fused-ring (bicyclic) bond motifs is 1. The molecule has 7 heteroatoms. The Labute approximate surface area is 237 Å². The van der Waals surface area contributed by atoms with E-state index in [1.807, 2.05) is 65.3 Å². The minimum Gasteiger partial charge on any atom is -0.481 e. The number of benzene rings is 3. The van der Waals surface area contributed by atoms with Gasteiger partial charge in [-0.2, -0.15) is 0 Å². The normalized spacial score (nSPS) is 18.2. The van der Waals surface area contributed by atoms with E-state index in [1.54, 1.807) is 7.11 Å². The van der Waals surface area contributed by atoms with Crippen molar-refractivity contribution in [3.05, 3.63) is 101 Å². The third-order valence-electron chi connectivity index (χ3n) is 7.94. The topological polar surface area (TPSA) is 62.3 Å². The molecule has 0 saturated carbocycles. The summed E-state index contributed by atoms with van der Waals surface area (Å²) in [6, 6.07) is 23.6. The predicted octanol–water partition coefficient (Wildman–Crippen LogP) is 4.34. The zero-order valence-corrected chi connectivity index (χ0v) is 23.7. The molecule has 5 rings (SSSR count). The van der Waals surface area contributed by atoms with Crippen molar-refractivity contribution in [2.75, 3.05) is 53.0 Å². The molecular formula is C33H39N3O4. The Hall–Kier alpha value is -3.68. The van der Waals surface area contributed by atoms with Crippen molar-refractivity contribution in [2.45, 2.75) is 32.4 Å². The molecule has 2 aliphatic heterocycles. The molecule has 0 radical (unpaired) electrons. The quantitative estimate of drug-likeness (QED) is 0.425. The van der Waals surface area contributed by atoms with Gasteiger partial charge in [-0.05, 0) is 61.2 Å². The van der Waals surface area contributed by atoms with Crippen molar-refractivity contribution in [3.8, 4) is 5.75 Å². The van der Waals surface area contributed by atoms with Crippen molar-refractivity contribution in [1.29, 1.82) is 0 Å². The second-order valence-electron chi connectivity index (χ2n) is 10.7. The van der Waals surface area contributed by atoms with E-state index in [4.69, 9.17) is 9.47 Å². The number of hydrogen-bond donors (Lipinski definition) is 0. The first-order valence-electron chi connectivity index (χ1n) is 14.2. The van der Waals surface area contributed by atoms with Crippen molar-refractivity contribution >= 4 is 11.8 Å². The number of aryl methyl sites for hydroxylation is 1. The van der Waals surface area contributed by atoms with Crippen LogP contribution in [0.2, 0.25) is 0 Å². The van der Waals surface area contributed by atoms with Gasteiger partial charge in [-0.3, -0.25) is 14.5 Å². The Bertz CT molecular complexity index is 1320. The zero-order chi connectivity index (χ0) is 28.1. The van der Waals surface area contributed by atoms with E-state index in [2.05, 4.69) is 36.1 Å². The van der Waals surface area contributed by atoms with Gasteiger partial charge < -0.3 is 19.3 Å². The van der Waals surface area contributed by atoms with Crippen LogP contribution in [0.3, 0.4) is 0 Å². The molecule has 3 aromatic carbocycles. The van der Waals surface area contributed by atoms with Crippen LogP contribution in [0.1, 0.15) is 45.6 Å². The summed E-state index contributed by atoms with van der Waals surface area (Å²) in [6.45, 7) is 9.15. The monoisotopic (exact) mass is 541 g/mol. The maximum atomic E-state index is 13.7. The van der Waals surface area contributed by atoms with E-state index in [0.29, 0.717) is 37.6 Å². The van der Waals surface area contributed by atoms with Gasteiger partial charge in [0.15, 0.2) is 6.10 Å². The molecule has 0 unspecified atom stereocenters. The highest BCUT2D eigenvalue weighted by molar-refractivity contribution is 5.95. The molecule has 2 aliphatic rings. The number of rotatable bonds is 8. The molecule has 0 spiro atoms. The molecule has 1 saturated heterocycles. The Balaban J connectivity index is 1.37. The molecule has 0 aliphatic carbocycles. The minimum absolute atomic E-state index is 0.000211. The van der Waals surface area contributed by atoms with Crippen LogP contribution >= 0.6 is 0 Å². The van der Waals surface area contributed by atoms with Crippen LogP contribution in [0.15, 0.2) is 72.8 Å². The van der Waals surface area contributed by atoms with E-state index < -0.39 is 6.10 Å². The van der Waals surface area contributed by atoms with Crippen molar-refractivity contribution in [2.24, 2.45) is 0 Å². The third-order valence-corrected chi connectivity index (χ3v) is 7.94. The number of hydrogen-bond acceptors (Lipinski definition) is 5. The summed E-state index contributed by atoms with van der Waals surface area (Å²) >= 11 is 0. The fraction of sp³-hybridized carbons (Fsp3) is 0.394. The fourth-order valence-corrected chi connectivity index (χ4v) is 5.76. The Kier molecular flexibility index (Phi) is 8.82. The molecule has 7 nitrogen and oxygen atoms in total. The summed E-state index contributed by atoms with van der Waals surface area (Å²) in [5.41, 5.74) is 5.13. The first-order valence-corrected chi connectivity index (χ1v) is 14.2. The SMILES string of the molecule is COCCN1CCN(C(=O)[C@@H](C)Oc2ccc3c(c2)[C@H](c2cccc(C)c2)N(C(=O)c2ccccc2)CC3)CC1. The standard InChI is InChI=1S/C33H39N3O4/c1-24-8-7-11-28(22-24)31-30-23-29(40-25(2)32(37)35-18-16-34(17-19-35)20-21-39-3)13-12-26(30)14-15-36(31)33(38)27-9-5-4-6-10-27/h4-13,22-23,25,31H,14-21H2,1-3H3/t25-,31+/m1/s1. The summed E-state index contributed by atoms with van der Waals surface area (Å²) in [4.78, 5) is 33.1. The second kappa shape index (κ2) is 12.7. The highest BCUT2D eigenvalue weighted by Gasteiger charge is 2.33. The molecule has 0 N–H and O–H groups in total. The number of amides is 2. The largest absolute Gasteiger partial charge is 0.481 e. The lowest BCUT2D eigenvalue weighted by Gasteiger charge is -2.38. The highest BCUT2D eigenvalue weighted by atomic mass is 16.5. The van der Waals surface area contributed by atoms with Gasteiger partial charge in [-0.1, -0.05) is 54.1 Å². The highest BCUT2D eigenvalue weighted by Crippen LogP contribution is 2.38. The Morgan fingerprint density at radius 1 is 0.925 bits per heavy atom. The summed E-state index contributed by atoms with van der Waals surface area (Å²) in [5, 5.41) is 0. The smallest absolute Gasteiger partial charge is 0.263 e. The lowest BCUT2D eigenvalue weighted by Crippen LogP contribution is -2.52. The molecule has 1 fully saturated rings. The van der Waals surface area contributed by atoms with Crippen LogP contribution in [-0.4, -0.2) is 85.6 Å². The third kappa shape index (κ3) is 6.21. The summed E-state index contributed by atoms with van der Waals surface area (Å²) in [6.07, 6.45) is 0.157. The van der Waals surface area contributed by atoms with Gasteiger partial charge in [0.25, 0.3) is 11.8 Å². The number of nitrogens with zero attached hydrogens (tertiary/aromatic N) is 3. The molecule has 3 aromatic rings. The average Bonchev–Trinajstić information content (AvgIpc) is 2.99. The van der Waals surface area contributed by atoms with E-state index in [1.165, 1.54) is 5.56 Å². The zero-order valence-electron chi connectivity index (χ0n) is 23.7. The van der Waals surface area contributed by atoms with E-state index >= 15 is 0 Å². The number of ether oxygens (including phenoxy) is 2.